The highest BCUT2D eigenvalue weighted by Gasteiger charge is 2.36. The molecule has 5 unspecified atom stereocenters. The molecule has 3 aliphatic rings. The number of amides is 11. The number of ether oxygens (including phenoxy) is 12. The number of benzene rings is 6. The van der Waals surface area contributed by atoms with Gasteiger partial charge >= 0.3 is 18.3 Å². The number of fused-ring (bicyclic) bond motifs is 9. The molecule has 0 saturated carbocycles. The number of rotatable bonds is 63. The summed E-state index contributed by atoms with van der Waals surface area (Å²) in [4.78, 5) is 148. The smallest absolute Gasteiger partial charge is 0.404 e. The topological polar surface area (TPSA) is 551 Å². The molecule has 38 heteroatoms. The predicted octanol–water partition coefficient (Wildman–Crippen LogP) is 9.72. The van der Waals surface area contributed by atoms with Crippen LogP contribution in [0.4, 0.5) is 42.8 Å². The van der Waals surface area contributed by atoms with Crippen LogP contribution in [0.2, 0.25) is 4.24 Å². The Morgan fingerprint density at radius 3 is 1.09 bits per heavy atom. The van der Waals surface area contributed by atoms with E-state index in [9.17, 15) is 57.5 Å². The molecular weight excluding hydrogens is 1760 g/mol. The molecule has 0 saturated heterocycles. The summed E-state index contributed by atoms with van der Waals surface area (Å²) in [6.45, 7) is 9.91. The minimum absolute atomic E-state index is 0.0239. The lowest BCUT2D eigenvalue weighted by atomic mass is 9.93. The van der Waals surface area contributed by atoms with Crippen LogP contribution in [-0.4, -0.2) is 265 Å². The van der Waals surface area contributed by atoms with Crippen molar-refractivity contribution in [3.63, 3.8) is 0 Å². The number of aliphatic hydroxyl groups is 3. The van der Waals surface area contributed by atoms with Gasteiger partial charge in [-0.2, -0.15) is 0 Å². The Morgan fingerprint density at radius 2 is 0.684 bits per heavy atom. The summed E-state index contributed by atoms with van der Waals surface area (Å²) >= 11 is 0. The number of methoxy groups -OCH3 is 3. The van der Waals surface area contributed by atoms with Crippen molar-refractivity contribution in [3.8, 4) is 33.4 Å². The summed E-state index contributed by atoms with van der Waals surface area (Å²) in [6, 6.07) is 32.7. The van der Waals surface area contributed by atoms with Crippen molar-refractivity contribution < 1.29 is 134 Å². The van der Waals surface area contributed by atoms with Crippen LogP contribution < -0.4 is 59.7 Å². The van der Waals surface area contributed by atoms with E-state index < -0.39 is 36.0 Å². The largest absolute Gasteiger partial charge is 0.449 e. The molecule has 0 heterocycles. The van der Waals surface area contributed by atoms with Crippen LogP contribution in [0.25, 0.3) is 33.4 Å². The van der Waals surface area contributed by atoms with Crippen molar-refractivity contribution in [3.05, 3.63) is 148 Å². The first-order valence-corrected chi connectivity index (χ1v) is 45.9. The van der Waals surface area contributed by atoms with E-state index in [2.05, 4.69) is 42.5 Å². The molecule has 5 atom stereocenters. The van der Waals surface area contributed by atoms with E-state index in [1.165, 1.54) is 0 Å². The Hall–Kier alpha value is -11.9. The number of ketones is 1. The quantitative estimate of drug-likeness (QED) is 0.00959. The standard InChI is InChI=1S/C37H53N5O10.C34H47N3O9.C27H35N3O8/c1-25(14-17-43)51-21-16-40-34(45)7-4-9-36(47)42-27-11-13-29-28-12-10-26(22-30(28)32(31(29)23-27)24-52-37(38)48)41-35(46)8-3-6-33(44)39-15-20-50-19-5-18-49-2;1-43-17-7-20-45-21-15-36-31(40)11-5-12-32(41)37-24-13-14-26-28(22-24)29(23-46-34(35)42)25-8-4-9-27(33(25)26)30(39)10-6-19-44-18-3-2-16-38;1-17(8-9-31)37-16-26(33)30-19-5-7-21-20-6-4-18(29-25(32)15-36-11-3-10-35-2)12-22(20)24(23(21)13-19)14-38-27(28)34/h10-13,22-23,25,32,43H,3-9,14-21,24H2,1-2H3,(H2,38,48)(H,39,44)(H,40,45)(H,41,46)(H,42,47);4,8-9,13-14,22,29,38H,2-3,5-7,10-12,15-21,23H2,1H3,(H2,35,42)(H,36,40)(H,37,41);4-7,12-13,17,24,31H,3,8-11,14-16H2,1-2H3,(H2,28,34)(H,29,32)(H,30,33)/i/hD3. The van der Waals surface area contributed by atoms with E-state index >= 15 is 0 Å². The number of unbranched alkanes of at least 4 members (excludes halogenated alkanes) is 1. The average Bonchev–Trinajstić information content (AvgIpc) is 1.65. The van der Waals surface area contributed by atoms with Crippen molar-refractivity contribution in [2.75, 3.05) is 193 Å². The van der Waals surface area contributed by atoms with E-state index in [0.717, 1.165) is 86.0 Å². The normalized spacial score (nSPS) is 13.8. The Kier molecular flexibility index (Phi) is 48.9. The van der Waals surface area contributed by atoms with Crippen LogP contribution in [-0.2, 0) is 95.2 Å². The Morgan fingerprint density at radius 1 is 0.338 bits per heavy atom. The molecule has 38 nitrogen and oxygen atoms in total. The van der Waals surface area contributed by atoms with Crippen molar-refractivity contribution in [2.24, 2.45) is 17.2 Å². The number of aliphatic hydroxyl groups excluding tert-OH is 3. The number of Topliss-reactive ketones (excluding diaryl/α,β-unsaturated/α-hetero) is 1. The van der Waals surface area contributed by atoms with E-state index in [1.807, 2.05) is 67.6 Å². The van der Waals surface area contributed by atoms with Gasteiger partial charge in [0.05, 0.1) is 32.0 Å². The van der Waals surface area contributed by atoms with Gasteiger partial charge in [0.1, 0.15) is 33.0 Å². The molecule has 744 valence electrons. The third kappa shape index (κ3) is 39.8. The molecule has 6 aromatic rings. The monoisotopic (exact) mass is 1900 g/mol. The van der Waals surface area contributed by atoms with Gasteiger partial charge in [0, 0.05) is 210 Å². The number of nitrogens with one attached hydrogen (secondary N) is 8. The van der Waals surface area contributed by atoms with E-state index in [-0.39, 0.29) is 157 Å². The number of hydrogen-bond acceptors (Lipinski definition) is 27. The first-order valence-electron chi connectivity index (χ1n) is 47.4. The summed E-state index contributed by atoms with van der Waals surface area (Å²) in [5.41, 5.74) is 18.3. The maximum absolute atomic E-state index is 13.3. The lowest BCUT2D eigenvalue weighted by molar-refractivity contribution is -0.123. The van der Waals surface area contributed by atoms with Gasteiger partial charge < -0.3 is 132 Å². The molecule has 0 fully saturated rings. The zero-order chi connectivity index (χ0) is 100. The van der Waals surface area contributed by atoms with Crippen LogP contribution in [0.3, 0.4) is 0 Å². The molecule has 11 amide bonds. The average molecular weight is 1900 g/mol. The van der Waals surface area contributed by atoms with Crippen LogP contribution in [0, 0.1) is 0 Å². The first kappa shape index (κ1) is 106. The maximum Gasteiger partial charge on any atom is 0.404 e. The number of hydrogen-bond donors (Lipinski definition) is 14. The van der Waals surface area contributed by atoms with E-state index in [0.29, 0.717) is 184 Å². The first-order chi connectivity index (χ1) is 67.4. The van der Waals surface area contributed by atoms with Crippen LogP contribution in [0.5, 0.6) is 0 Å². The molecule has 0 radical (unpaired) electrons. The number of carbonyl (C=O) groups is 12. The highest BCUT2D eigenvalue weighted by molar-refractivity contribution is 6.05. The highest BCUT2D eigenvalue weighted by atomic mass is 16.6. The number of anilines is 5. The third-order valence-corrected chi connectivity index (χ3v) is 21.8. The molecular formula is C98H135N11O27. The van der Waals surface area contributed by atoms with E-state index in [1.54, 1.807) is 94.0 Å². The summed E-state index contributed by atoms with van der Waals surface area (Å²) < 4.78 is 84.6. The second kappa shape index (κ2) is 62.7. The van der Waals surface area contributed by atoms with E-state index in [4.69, 9.17) is 76.4 Å². The third-order valence-electron chi connectivity index (χ3n) is 21.8. The molecule has 3 aliphatic carbocycles. The minimum atomic E-state index is -0.916. The van der Waals surface area contributed by atoms with Gasteiger partial charge in [-0.05, 0) is 212 Å². The maximum atomic E-state index is 13.3. The van der Waals surface area contributed by atoms with Crippen LogP contribution in [0.1, 0.15) is 191 Å². The highest BCUT2D eigenvalue weighted by Crippen LogP contribution is 2.50. The summed E-state index contributed by atoms with van der Waals surface area (Å²) in [5, 5.41) is 49.4. The van der Waals surface area contributed by atoms with Crippen molar-refractivity contribution >= 4 is 99.8 Å². The summed E-state index contributed by atoms with van der Waals surface area (Å²) in [6.07, 6.45) is 4.57. The van der Waals surface area contributed by atoms with Crippen LogP contribution >= 0.6 is 0 Å². The molecule has 0 bridgehead atoms. The zero-order valence-corrected chi connectivity index (χ0v) is 78.2. The minimum Gasteiger partial charge on any atom is -0.449 e. The molecule has 0 spiro atoms. The Bertz CT molecular complexity index is 4920. The predicted molar refractivity (Wildman–Crippen MR) is 508 cm³/mol. The molecule has 136 heavy (non-hydrogen) atoms. The van der Waals surface area contributed by atoms with Gasteiger partial charge in [-0.1, -0.05) is 48.5 Å². The van der Waals surface area contributed by atoms with Gasteiger partial charge in [-0.3, -0.25) is 43.2 Å². The molecule has 6 aromatic carbocycles. The van der Waals surface area contributed by atoms with Gasteiger partial charge in [0.25, 0.3) is 0 Å². The van der Waals surface area contributed by atoms with Gasteiger partial charge in [0.2, 0.25) is 47.3 Å². The van der Waals surface area contributed by atoms with Crippen molar-refractivity contribution in [1.82, 2.24) is 16.0 Å². The SMILES string of the molecule is [2H]NC(=O)OCC1c2cc(NC(=O)CCCC(=O)NCCOCCCOC)ccc2-c2c(C(=O)CCCOCCCCO)cccc21.[2H]NC(=O)OCC1c2cc(NC(=O)CCCC(=O)NCCOCCCOC)ccc2-c2ccc(NC(=O)CCCC(=O)NCCOC(C)CCO)cc21.[2H]NC(=O)OCC1c2cc(NC(=O)COCCCOC)ccc2-c2ccc(NC(=O)COC(C)CCO)cc21. The van der Waals surface area contributed by atoms with Crippen molar-refractivity contribution in [2.45, 2.75) is 159 Å². The molecule has 0 aliphatic heterocycles. The lowest BCUT2D eigenvalue weighted by Gasteiger charge is -2.15. The number of nitrogens with two attached hydrogens (primary N) is 3. The van der Waals surface area contributed by atoms with Crippen LogP contribution in [0.15, 0.2) is 109 Å². The molecule has 17 N–H and O–H groups in total. The molecule has 0 aromatic heterocycles. The lowest BCUT2D eigenvalue weighted by Crippen LogP contribution is -2.28. The van der Waals surface area contributed by atoms with Gasteiger partial charge in [-0.25, -0.2) is 14.4 Å². The second-order valence-electron chi connectivity index (χ2n) is 32.3. The van der Waals surface area contributed by atoms with Gasteiger partial charge in [-0.15, -0.1) is 0 Å². The fourth-order valence-corrected chi connectivity index (χ4v) is 15.2. The summed E-state index contributed by atoms with van der Waals surface area (Å²) in [5.74, 6) is -3.18. The second-order valence-corrected chi connectivity index (χ2v) is 32.3. The zero-order valence-electron chi connectivity index (χ0n) is 81.2. The van der Waals surface area contributed by atoms with Crippen molar-refractivity contribution in [1.29, 1.82) is 0 Å². The number of carbonyl (C=O) groups excluding carboxylic acids is 12. The Labute approximate surface area is 797 Å². The molecule has 9 rings (SSSR count). The van der Waals surface area contributed by atoms with Gasteiger partial charge in [0.15, 0.2) is 10.0 Å². The fourth-order valence-electron chi connectivity index (χ4n) is 15.2. The summed E-state index contributed by atoms with van der Waals surface area (Å²) in [7, 11) is 4.86. The Balaban J connectivity index is 0.000000287. The fraction of sp³-hybridized carbons (Fsp3) is 0.510. The number of primary amides is 3.